The van der Waals surface area contributed by atoms with Gasteiger partial charge in [-0.15, -0.1) is 5.10 Å². The van der Waals surface area contributed by atoms with Gasteiger partial charge in [-0.3, -0.25) is 9.78 Å². The maximum absolute atomic E-state index is 12.8. The molecule has 1 saturated heterocycles. The molecular weight excluding hydrogens is 420 g/mol. The van der Waals surface area contributed by atoms with Gasteiger partial charge in [0, 0.05) is 37.0 Å². The molecule has 3 aromatic rings. The fourth-order valence-electron chi connectivity index (χ4n) is 4.42. The summed E-state index contributed by atoms with van der Waals surface area (Å²) >= 11 is 0. The second kappa shape index (κ2) is 9.70. The lowest BCUT2D eigenvalue weighted by atomic mass is 9.85. The second-order valence-corrected chi connectivity index (χ2v) is 8.94. The van der Waals surface area contributed by atoms with Gasteiger partial charge in [-0.25, -0.2) is 9.36 Å². The van der Waals surface area contributed by atoms with E-state index in [0.29, 0.717) is 17.5 Å². The van der Waals surface area contributed by atoms with E-state index in [1.807, 2.05) is 6.07 Å². The maximum atomic E-state index is 12.8. The lowest BCUT2D eigenvalue weighted by molar-refractivity contribution is 0.280. The number of hydrogen-bond donors (Lipinski definition) is 1. The van der Waals surface area contributed by atoms with Crippen molar-refractivity contribution < 1.29 is 4.74 Å². The van der Waals surface area contributed by atoms with Gasteiger partial charge in [0.25, 0.3) is 5.56 Å². The van der Waals surface area contributed by atoms with Gasteiger partial charge in [-0.05, 0) is 44.2 Å². The Hall–Kier alpha value is -3.27. The molecule has 1 N–H and O–H groups in total. The van der Waals surface area contributed by atoms with Gasteiger partial charge in [0.1, 0.15) is 18.1 Å². The van der Waals surface area contributed by atoms with Gasteiger partial charge in [0.15, 0.2) is 0 Å². The maximum Gasteiger partial charge on any atom is 0.270 e. The zero-order chi connectivity index (χ0) is 22.6. The van der Waals surface area contributed by atoms with Crippen molar-refractivity contribution in [3.8, 4) is 17.0 Å². The number of piperidine rings is 1. The first kappa shape index (κ1) is 21.6. The number of pyridine rings is 1. The van der Waals surface area contributed by atoms with Crippen LogP contribution in [0.5, 0.6) is 5.75 Å². The summed E-state index contributed by atoms with van der Waals surface area (Å²) in [6.45, 7) is 3.17. The molecule has 174 valence electrons. The minimum atomic E-state index is -0.155. The molecule has 33 heavy (non-hydrogen) atoms. The highest BCUT2D eigenvalue weighted by Crippen LogP contribution is 2.26. The third kappa shape index (κ3) is 5.05. The summed E-state index contributed by atoms with van der Waals surface area (Å²) in [5, 5.41) is 16.4. The average Bonchev–Trinajstić information content (AvgIpc) is 3.28. The fourth-order valence-corrected chi connectivity index (χ4v) is 4.42. The summed E-state index contributed by atoms with van der Waals surface area (Å²) in [7, 11) is 1.59. The van der Waals surface area contributed by atoms with Gasteiger partial charge >= 0.3 is 0 Å². The first-order valence-corrected chi connectivity index (χ1v) is 11.6. The van der Waals surface area contributed by atoms with Gasteiger partial charge in [0.2, 0.25) is 0 Å². The lowest BCUT2D eigenvalue weighted by Crippen LogP contribution is -2.47. The molecule has 1 aliphatic heterocycles. The third-order valence-corrected chi connectivity index (χ3v) is 6.62. The molecule has 1 aliphatic carbocycles. The highest BCUT2D eigenvalue weighted by atomic mass is 16.5. The van der Waals surface area contributed by atoms with Crippen molar-refractivity contribution in [2.24, 2.45) is 5.92 Å². The van der Waals surface area contributed by atoms with Crippen molar-refractivity contribution in [1.29, 1.82) is 0 Å². The molecule has 2 fully saturated rings. The van der Waals surface area contributed by atoms with E-state index >= 15 is 0 Å². The smallest absolute Gasteiger partial charge is 0.270 e. The molecule has 5 rings (SSSR count). The van der Waals surface area contributed by atoms with Crippen molar-refractivity contribution in [2.45, 2.75) is 44.8 Å². The topological polar surface area (TPSA) is 103 Å². The van der Waals surface area contributed by atoms with Crippen molar-refractivity contribution in [1.82, 2.24) is 35.1 Å². The molecular formula is C23H30N8O2. The SMILES string of the molecule is COc1cncc(-c2cn(Cn3ncc(N4CCC[C@@H](NCC5CCC5)C4)cc3=O)nn2)c1. The van der Waals surface area contributed by atoms with Crippen molar-refractivity contribution in [3.63, 3.8) is 0 Å². The minimum absolute atomic E-state index is 0.155. The number of ether oxygens (including phenoxy) is 1. The van der Waals surface area contributed by atoms with Crippen LogP contribution in [0, 0.1) is 5.92 Å². The van der Waals surface area contributed by atoms with Crippen LogP contribution in [0.25, 0.3) is 11.3 Å². The van der Waals surface area contributed by atoms with Crippen LogP contribution in [-0.4, -0.2) is 62.5 Å². The van der Waals surface area contributed by atoms with Crippen LogP contribution in [0.2, 0.25) is 0 Å². The predicted octanol–water partition coefficient (Wildman–Crippen LogP) is 1.77. The van der Waals surface area contributed by atoms with Gasteiger partial charge < -0.3 is 15.0 Å². The third-order valence-electron chi connectivity index (χ3n) is 6.62. The number of nitrogens with zero attached hydrogens (tertiary/aromatic N) is 7. The Balaban J connectivity index is 1.23. The first-order chi connectivity index (χ1) is 16.2. The average molecular weight is 451 g/mol. The van der Waals surface area contributed by atoms with Crippen LogP contribution in [0.1, 0.15) is 32.1 Å². The van der Waals surface area contributed by atoms with Crippen LogP contribution in [-0.2, 0) is 6.67 Å². The summed E-state index contributed by atoms with van der Waals surface area (Å²) in [5.41, 5.74) is 2.17. The summed E-state index contributed by atoms with van der Waals surface area (Å²) in [6, 6.07) is 3.99. The Morgan fingerprint density at radius 1 is 1.15 bits per heavy atom. The van der Waals surface area contributed by atoms with E-state index in [-0.39, 0.29) is 12.2 Å². The number of rotatable bonds is 8. The van der Waals surface area contributed by atoms with Gasteiger partial charge in [-0.2, -0.15) is 5.10 Å². The van der Waals surface area contributed by atoms with Gasteiger partial charge in [0.05, 0.1) is 31.4 Å². The van der Waals surface area contributed by atoms with E-state index in [0.717, 1.165) is 43.2 Å². The summed E-state index contributed by atoms with van der Waals surface area (Å²) in [4.78, 5) is 19.2. The Morgan fingerprint density at radius 3 is 2.85 bits per heavy atom. The molecule has 0 spiro atoms. The van der Waals surface area contributed by atoms with Crippen molar-refractivity contribution >= 4 is 5.69 Å². The molecule has 3 aromatic heterocycles. The zero-order valence-electron chi connectivity index (χ0n) is 18.9. The summed E-state index contributed by atoms with van der Waals surface area (Å²) in [6.07, 6.45) is 13.3. The Labute approximate surface area is 192 Å². The molecule has 1 saturated carbocycles. The monoisotopic (exact) mass is 450 g/mol. The molecule has 2 aliphatic rings. The zero-order valence-corrected chi connectivity index (χ0v) is 18.9. The highest BCUT2D eigenvalue weighted by Gasteiger charge is 2.23. The molecule has 1 atom stereocenters. The van der Waals surface area contributed by atoms with E-state index in [1.54, 1.807) is 42.6 Å². The Morgan fingerprint density at radius 2 is 2.06 bits per heavy atom. The quantitative estimate of drug-likeness (QED) is 0.554. The highest BCUT2D eigenvalue weighted by molar-refractivity contribution is 5.58. The number of aromatic nitrogens is 6. The van der Waals surface area contributed by atoms with Crippen LogP contribution in [0.3, 0.4) is 0 Å². The van der Waals surface area contributed by atoms with E-state index in [2.05, 4.69) is 30.6 Å². The van der Waals surface area contributed by atoms with Gasteiger partial charge in [-0.1, -0.05) is 11.6 Å². The second-order valence-electron chi connectivity index (χ2n) is 8.94. The van der Waals surface area contributed by atoms with E-state index < -0.39 is 0 Å². The normalized spacial score (nSPS) is 18.8. The minimum Gasteiger partial charge on any atom is -0.495 e. The molecule has 0 aromatic carbocycles. The number of nitrogens with one attached hydrogen (secondary N) is 1. The predicted molar refractivity (Wildman–Crippen MR) is 124 cm³/mol. The van der Waals surface area contributed by atoms with Crippen molar-refractivity contribution in [2.75, 3.05) is 31.6 Å². The number of hydrogen-bond acceptors (Lipinski definition) is 8. The van der Waals surface area contributed by atoms with Crippen LogP contribution in [0.4, 0.5) is 5.69 Å². The molecule has 0 bridgehead atoms. The lowest BCUT2D eigenvalue weighted by Gasteiger charge is -2.36. The fraction of sp³-hybridized carbons (Fsp3) is 0.522. The number of methoxy groups -OCH3 is 1. The first-order valence-electron chi connectivity index (χ1n) is 11.6. The molecule has 0 unspecified atom stereocenters. The van der Waals surface area contributed by atoms with E-state index in [9.17, 15) is 4.79 Å². The van der Waals surface area contributed by atoms with Crippen molar-refractivity contribution in [3.05, 3.63) is 47.3 Å². The molecule has 0 amide bonds. The van der Waals surface area contributed by atoms with Crippen LogP contribution < -0.4 is 20.5 Å². The molecule has 10 heteroatoms. The molecule has 4 heterocycles. The van der Waals surface area contributed by atoms with E-state index in [1.165, 1.54) is 30.4 Å². The molecule has 10 nitrogen and oxygen atoms in total. The molecule has 0 radical (unpaired) electrons. The van der Waals surface area contributed by atoms with Crippen LogP contribution >= 0.6 is 0 Å². The standard InChI is InChI=1S/C23H30N8O2/c1-33-21-8-18(11-24-13-21)22-15-30(28-27-22)16-31-23(32)9-20(12-26-31)29-7-3-6-19(14-29)25-10-17-4-2-5-17/h8-9,11-13,15,17,19,25H,2-7,10,14,16H2,1H3/t19-/m1/s1. The van der Waals surface area contributed by atoms with Crippen LogP contribution in [0.15, 0.2) is 41.7 Å². The van der Waals surface area contributed by atoms with E-state index in [4.69, 9.17) is 4.74 Å². The largest absolute Gasteiger partial charge is 0.495 e. The summed E-state index contributed by atoms with van der Waals surface area (Å²) < 4.78 is 8.19. The summed E-state index contributed by atoms with van der Waals surface area (Å²) in [5.74, 6) is 1.50. The number of anilines is 1. The Bertz CT molecular complexity index is 1140. The Kier molecular flexibility index (Phi) is 6.34.